The van der Waals surface area contributed by atoms with Crippen molar-refractivity contribution in [2.24, 2.45) is 0 Å². The molecule has 1 N–H and O–H groups in total. The summed E-state index contributed by atoms with van der Waals surface area (Å²) in [5, 5.41) is 4.38. The van der Waals surface area contributed by atoms with Crippen LogP contribution in [0.2, 0.25) is 10.0 Å². The summed E-state index contributed by atoms with van der Waals surface area (Å²) in [6.07, 6.45) is 0. The fourth-order valence-corrected chi connectivity index (χ4v) is 2.26. The topological polar surface area (TPSA) is 12.0 Å². The van der Waals surface area contributed by atoms with E-state index in [1.807, 2.05) is 30.3 Å². The number of hydrogen-bond donors (Lipinski definition) is 1. The van der Waals surface area contributed by atoms with Crippen LogP contribution in [-0.2, 0) is 6.54 Å². The van der Waals surface area contributed by atoms with Crippen molar-refractivity contribution in [3.05, 3.63) is 62.5 Å². The second kappa shape index (κ2) is 5.76. The van der Waals surface area contributed by atoms with E-state index in [9.17, 15) is 0 Å². The Balaban J connectivity index is 2.13. The highest BCUT2D eigenvalue weighted by molar-refractivity contribution is 9.10. The highest BCUT2D eigenvalue weighted by Crippen LogP contribution is 2.30. The SMILES string of the molecule is Clc1cccc(NCc2ccccc2Br)c1Cl. The Morgan fingerprint density at radius 2 is 1.76 bits per heavy atom. The number of halogens is 3. The molecule has 0 atom stereocenters. The molecule has 0 aliphatic heterocycles. The number of benzene rings is 2. The van der Waals surface area contributed by atoms with E-state index >= 15 is 0 Å². The molecule has 17 heavy (non-hydrogen) atoms. The first-order valence-corrected chi connectivity index (χ1v) is 6.64. The van der Waals surface area contributed by atoms with Crippen molar-refractivity contribution in [3.8, 4) is 0 Å². The summed E-state index contributed by atoms with van der Waals surface area (Å²) < 4.78 is 1.07. The van der Waals surface area contributed by atoms with Crippen LogP contribution in [0.5, 0.6) is 0 Å². The van der Waals surface area contributed by atoms with Gasteiger partial charge in [0.25, 0.3) is 0 Å². The van der Waals surface area contributed by atoms with Gasteiger partial charge in [0, 0.05) is 11.0 Å². The molecule has 0 spiro atoms. The number of nitrogens with one attached hydrogen (secondary N) is 1. The first kappa shape index (κ1) is 12.7. The largest absolute Gasteiger partial charge is 0.380 e. The molecule has 0 saturated heterocycles. The minimum atomic E-state index is 0.557. The van der Waals surface area contributed by atoms with E-state index < -0.39 is 0 Å². The maximum Gasteiger partial charge on any atom is 0.0823 e. The summed E-state index contributed by atoms with van der Waals surface area (Å²) in [6.45, 7) is 0.696. The molecule has 0 aliphatic rings. The molecule has 2 rings (SSSR count). The summed E-state index contributed by atoms with van der Waals surface area (Å²) in [5.74, 6) is 0. The van der Waals surface area contributed by atoms with Gasteiger partial charge in [0.2, 0.25) is 0 Å². The third-order valence-electron chi connectivity index (χ3n) is 2.38. The number of rotatable bonds is 3. The third-order valence-corrected chi connectivity index (χ3v) is 3.97. The van der Waals surface area contributed by atoms with Crippen LogP contribution in [0.25, 0.3) is 0 Å². The minimum Gasteiger partial charge on any atom is -0.380 e. The van der Waals surface area contributed by atoms with Crippen LogP contribution in [0.3, 0.4) is 0 Å². The molecule has 2 aromatic rings. The van der Waals surface area contributed by atoms with Crippen molar-refractivity contribution in [3.63, 3.8) is 0 Å². The Morgan fingerprint density at radius 3 is 2.53 bits per heavy atom. The van der Waals surface area contributed by atoms with E-state index in [0.29, 0.717) is 16.6 Å². The van der Waals surface area contributed by atoms with E-state index in [0.717, 1.165) is 10.2 Å². The summed E-state index contributed by atoms with van der Waals surface area (Å²) in [5.41, 5.74) is 2.01. The Labute approximate surface area is 119 Å². The van der Waals surface area contributed by atoms with Crippen molar-refractivity contribution in [1.29, 1.82) is 0 Å². The molecule has 0 aliphatic carbocycles. The van der Waals surface area contributed by atoms with E-state index in [-0.39, 0.29) is 0 Å². The Hall–Kier alpha value is -0.700. The first-order chi connectivity index (χ1) is 8.18. The van der Waals surface area contributed by atoms with Gasteiger partial charge in [-0.05, 0) is 23.8 Å². The fraction of sp³-hybridized carbons (Fsp3) is 0.0769. The van der Waals surface area contributed by atoms with Crippen molar-refractivity contribution in [2.45, 2.75) is 6.54 Å². The average Bonchev–Trinajstić information content (AvgIpc) is 2.33. The first-order valence-electron chi connectivity index (χ1n) is 5.10. The van der Waals surface area contributed by atoms with Crippen LogP contribution in [-0.4, -0.2) is 0 Å². The predicted molar refractivity (Wildman–Crippen MR) is 77.9 cm³/mol. The number of anilines is 1. The van der Waals surface area contributed by atoms with Gasteiger partial charge in [-0.2, -0.15) is 0 Å². The average molecular weight is 331 g/mol. The summed E-state index contributed by atoms with van der Waals surface area (Å²) >= 11 is 15.5. The maximum atomic E-state index is 6.09. The van der Waals surface area contributed by atoms with E-state index in [1.54, 1.807) is 6.07 Å². The van der Waals surface area contributed by atoms with Gasteiger partial charge in [-0.1, -0.05) is 63.4 Å². The predicted octanol–water partition coefficient (Wildman–Crippen LogP) is 5.37. The smallest absolute Gasteiger partial charge is 0.0823 e. The highest BCUT2D eigenvalue weighted by atomic mass is 79.9. The normalized spacial score (nSPS) is 10.3. The zero-order valence-electron chi connectivity index (χ0n) is 8.88. The molecular weight excluding hydrogens is 321 g/mol. The van der Waals surface area contributed by atoms with Crippen LogP contribution in [0.4, 0.5) is 5.69 Å². The molecule has 0 saturated carbocycles. The summed E-state index contributed by atoms with van der Waals surface area (Å²) in [4.78, 5) is 0. The molecule has 2 aromatic carbocycles. The van der Waals surface area contributed by atoms with E-state index in [2.05, 4.69) is 27.3 Å². The summed E-state index contributed by atoms with van der Waals surface area (Å²) in [6, 6.07) is 13.6. The standard InChI is InChI=1S/C13H10BrCl2N/c14-10-5-2-1-4-9(10)8-17-12-7-3-6-11(15)13(12)16/h1-7,17H,8H2. The van der Waals surface area contributed by atoms with Crippen molar-refractivity contribution in [2.75, 3.05) is 5.32 Å². The van der Waals surface area contributed by atoms with Gasteiger partial charge in [0.05, 0.1) is 15.7 Å². The Bertz CT molecular complexity index is 529. The van der Waals surface area contributed by atoms with Gasteiger partial charge >= 0.3 is 0 Å². The fourth-order valence-electron chi connectivity index (χ4n) is 1.47. The molecule has 0 aromatic heterocycles. The van der Waals surface area contributed by atoms with Crippen LogP contribution in [0, 0.1) is 0 Å². The second-order valence-electron chi connectivity index (χ2n) is 3.55. The molecule has 0 bridgehead atoms. The molecule has 0 fully saturated rings. The van der Waals surface area contributed by atoms with E-state index in [1.165, 1.54) is 5.56 Å². The van der Waals surface area contributed by atoms with Gasteiger partial charge in [0.15, 0.2) is 0 Å². The van der Waals surface area contributed by atoms with Crippen LogP contribution in [0.15, 0.2) is 46.9 Å². The molecule has 4 heteroatoms. The van der Waals surface area contributed by atoms with Crippen LogP contribution in [0.1, 0.15) is 5.56 Å². The van der Waals surface area contributed by atoms with Gasteiger partial charge in [-0.15, -0.1) is 0 Å². The maximum absolute atomic E-state index is 6.09. The van der Waals surface area contributed by atoms with Gasteiger partial charge in [-0.25, -0.2) is 0 Å². The second-order valence-corrected chi connectivity index (χ2v) is 5.19. The van der Waals surface area contributed by atoms with Crippen molar-refractivity contribution < 1.29 is 0 Å². The highest BCUT2D eigenvalue weighted by Gasteiger charge is 2.04. The quantitative estimate of drug-likeness (QED) is 0.797. The lowest BCUT2D eigenvalue weighted by Crippen LogP contribution is -2.00. The van der Waals surface area contributed by atoms with Gasteiger partial charge in [-0.3, -0.25) is 0 Å². The van der Waals surface area contributed by atoms with Crippen LogP contribution >= 0.6 is 39.1 Å². The molecule has 1 nitrogen and oxygen atoms in total. The molecule has 0 radical (unpaired) electrons. The third kappa shape index (κ3) is 3.15. The zero-order valence-corrected chi connectivity index (χ0v) is 12.0. The molecule has 0 amide bonds. The molecular formula is C13H10BrCl2N. The van der Waals surface area contributed by atoms with Crippen LogP contribution < -0.4 is 5.32 Å². The lowest BCUT2D eigenvalue weighted by molar-refractivity contribution is 1.14. The number of hydrogen-bond acceptors (Lipinski definition) is 1. The summed E-state index contributed by atoms with van der Waals surface area (Å²) in [7, 11) is 0. The minimum absolute atomic E-state index is 0.557. The van der Waals surface area contributed by atoms with Crippen molar-refractivity contribution in [1.82, 2.24) is 0 Å². The van der Waals surface area contributed by atoms with E-state index in [4.69, 9.17) is 23.2 Å². The molecule has 0 unspecified atom stereocenters. The Morgan fingerprint density at radius 1 is 1.00 bits per heavy atom. The lowest BCUT2D eigenvalue weighted by atomic mass is 10.2. The molecule has 88 valence electrons. The zero-order chi connectivity index (χ0) is 12.3. The lowest BCUT2D eigenvalue weighted by Gasteiger charge is -2.10. The van der Waals surface area contributed by atoms with Crippen molar-refractivity contribution >= 4 is 44.8 Å². The van der Waals surface area contributed by atoms with Gasteiger partial charge in [0.1, 0.15) is 0 Å². The molecule has 0 heterocycles. The van der Waals surface area contributed by atoms with Gasteiger partial charge < -0.3 is 5.32 Å². The Kier molecular flexibility index (Phi) is 4.32. The monoisotopic (exact) mass is 329 g/mol.